The van der Waals surface area contributed by atoms with Crippen LogP contribution in [0.4, 0.5) is 4.39 Å². The molecule has 1 rings (SSSR count). The van der Waals surface area contributed by atoms with Crippen molar-refractivity contribution in [3.05, 3.63) is 28.5 Å². The fourth-order valence-electron chi connectivity index (χ4n) is 1.13. The summed E-state index contributed by atoms with van der Waals surface area (Å²) >= 11 is 5.60. The lowest BCUT2D eigenvalue weighted by atomic mass is 10.0. The van der Waals surface area contributed by atoms with E-state index in [2.05, 4.69) is 0 Å². The molecular formula is C10H9ClFNO. The van der Waals surface area contributed by atoms with Gasteiger partial charge in [0.05, 0.1) is 24.1 Å². The molecule has 0 aliphatic heterocycles. The average molecular weight is 214 g/mol. The minimum absolute atomic E-state index is 0.00269. The van der Waals surface area contributed by atoms with Crippen LogP contribution in [0.5, 0.6) is 5.75 Å². The monoisotopic (exact) mass is 213 g/mol. The molecule has 4 heteroatoms. The summed E-state index contributed by atoms with van der Waals surface area (Å²) in [6, 6.07) is 4.65. The van der Waals surface area contributed by atoms with Gasteiger partial charge in [0.25, 0.3) is 0 Å². The topological polar surface area (TPSA) is 33.0 Å². The van der Waals surface area contributed by atoms with Crippen LogP contribution in [-0.4, -0.2) is 7.11 Å². The first-order valence-corrected chi connectivity index (χ1v) is 4.40. The van der Waals surface area contributed by atoms with Gasteiger partial charge in [-0.3, -0.25) is 0 Å². The lowest BCUT2D eigenvalue weighted by Crippen LogP contribution is -1.97. The van der Waals surface area contributed by atoms with Crippen molar-refractivity contribution in [3.63, 3.8) is 0 Å². The predicted octanol–water partition coefficient (Wildman–Crippen LogP) is 3.11. The van der Waals surface area contributed by atoms with E-state index in [4.69, 9.17) is 21.6 Å². The van der Waals surface area contributed by atoms with Gasteiger partial charge in [0.1, 0.15) is 11.6 Å². The van der Waals surface area contributed by atoms with Gasteiger partial charge >= 0.3 is 0 Å². The minimum Gasteiger partial charge on any atom is -0.496 e. The van der Waals surface area contributed by atoms with Crippen molar-refractivity contribution in [2.45, 2.75) is 12.8 Å². The second kappa shape index (κ2) is 4.30. The molecule has 0 bridgehead atoms. The summed E-state index contributed by atoms with van der Waals surface area (Å²) < 4.78 is 18.0. The quantitative estimate of drug-likeness (QED) is 0.756. The normalized spacial score (nSPS) is 11.9. The summed E-state index contributed by atoms with van der Waals surface area (Å²) in [4.78, 5) is 0. The Bertz CT molecular complexity index is 386. The first-order valence-electron chi connectivity index (χ1n) is 4.02. The molecule has 1 atom stereocenters. The average Bonchev–Trinajstić information content (AvgIpc) is 2.20. The predicted molar refractivity (Wildman–Crippen MR) is 52.0 cm³/mol. The van der Waals surface area contributed by atoms with E-state index in [1.165, 1.54) is 19.2 Å². The molecule has 74 valence electrons. The Labute approximate surface area is 86.9 Å². The smallest absolute Gasteiger partial charge is 0.145 e. The number of benzene rings is 1. The summed E-state index contributed by atoms with van der Waals surface area (Å²) in [6.07, 6.45) is 0. The van der Waals surface area contributed by atoms with Crippen LogP contribution >= 0.6 is 11.6 Å². The number of rotatable bonds is 2. The minimum atomic E-state index is -0.544. The van der Waals surface area contributed by atoms with E-state index in [9.17, 15) is 4.39 Å². The molecule has 0 fully saturated rings. The maximum absolute atomic E-state index is 13.0. The van der Waals surface area contributed by atoms with Crippen LogP contribution in [-0.2, 0) is 0 Å². The van der Waals surface area contributed by atoms with Gasteiger partial charge in [0.15, 0.2) is 0 Å². The molecule has 1 aromatic carbocycles. The molecule has 0 aliphatic carbocycles. The maximum atomic E-state index is 13.0. The fraction of sp³-hybridized carbons (Fsp3) is 0.300. The molecule has 0 aromatic heterocycles. The highest BCUT2D eigenvalue weighted by Gasteiger charge is 2.14. The standard InChI is InChI=1S/C10H9ClFNO/c1-6(5-13)7-3-8(11)9(12)4-10(7)14-2/h3-4,6H,1-2H3. The van der Waals surface area contributed by atoms with Crippen molar-refractivity contribution >= 4 is 11.6 Å². The molecule has 1 aromatic rings. The largest absolute Gasteiger partial charge is 0.496 e. The lowest BCUT2D eigenvalue weighted by molar-refractivity contribution is 0.405. The number of halogens is 2. The molecule has 0 heterocycles. The van der Waals surface area contributed by atoms with Gasteiger partial charge in [0.2, 0.25) is 0 Å². The highest BCUT2D eigenvalue weighted by atomic mass is 35.5. The number of hydrogen-bond acceptors (Lipinski definition) is 2. The molecule has 2 nitrogen and oxygen atoms in total. The fourth-order valence-corrected chi connectivity index (χ4v) is 1.30. The third-order valence-corrected chi connectivity index (χ3v) is 2.22. The Morgan fingerprint density at radius 1 is 1.57 bits per heavy atom. The van der Waals surface area contributed by atoms with E-state index in [0.717, 1.165) is 0 Å². The van der Waals surface area contributed by atoms with Crippen LogP contribution in [0.2, 0.25) is 5.02 Å². The van der Waals surface area contributed by atoms with E-state index in [1.807, 2.05) is 6.07 Å². The van der Waals surface area contributed by atoms with Crippen LogP contribution in [0.15, 0.2) is 12.1 Å². The zero-order valence-electron chi connectivity index (χ0n) is 7.84. The van der Waals surface area contributed by atoms with Crippen molar-refractivity contribution in [3.8, 4) is 11.8 Å². The molecule has 1 unspecified atom stereocenters. The van der Waals surface area contributed by atoms with Gasteiger partial charge in [0, 0.05) is 11.6 Å². The Balaban J connectivity index is 3.28. The summed E-state index contributed by atoms with van der Waals surface area (Å²) in [5.41, 5.74) is 0.599. The molecule has 0 radical (unpaired) electrons. The van der Waals surface area contributed by atoms with Gasteiger partial charge in [-0.25, -0.2) is 4.39 Å². The Kier molecular flexibility index (Phi) is 3.32. The second-order valence-electron chi connectivity index (χ2n) is 2.86. The van der Waals surface area contributed by atoms with Crippen molar-refractivity contribution in [2.24, 2.45) is 0 Å². The SMILES string of the molecule is COc1cc(F)c(Cl)cc1C(C)C#N. The first-order chi connectivity index (χ1) is 6.60. The summed E-state index contributed by atoms with van der Waals surface area (Å²) in [7, 11) is 1.43. The molecule has 0 aliphatic rings. The summed E-state index contributed by atoms with van der Waals surface area (Å²) in [5, 5.41) is 8.73. The van der Waals surface area contributed by atoms with Crippen molar-refractivity contribution in [1.29, 1.82) is 5.26 Å². The number of nitrogens with zero attached hydrogens (tertiary/aromatic N) is 1. The van der Waals surface area contributed by atoms with Crippen LogP contribution in [0.1, 0.15) is 18.4 Å². The van der Waals surface area contributed by atoms with E-state index < -0.39 is 5.82 Å². The van der Waals surface area contributed by atoms with Crippen LogP contribution < -0.4 is 4.74 Å². The third-order valence-electron chi connectivity index (χ3n) is 1.93. The van der Waals surface area contributed by atoms with Crippen LogP contribution in [0.3, 0.4) is 0 Å². The van der Waals surface area contributed by atoms with E-state index >= 15 is 0 Å². The number of ether oxygens (including phenoxy) is 1. The highest BCUT2D eigenvalue weighted by Crippen LogP contribution is 2.31. The second-order valence-corrected chi connectivity index (χ2v) is 3.27. The number of methoxy groups -OCH3 is 1. The summed E-state index contributed by atoms with van der Waals surface area (Å²) in [6.45, 7) is 1.70. The van der Waals surface area contributed by atoms with E-state index in [1.54, 1.807) is 6.92 Å². The van der Waals surface area contributed by atoms with Gasteiger partial charge in [-0.1, -0.05) is 11.6 Å². The van der Waals surface area contributed by atoms with Gasteiger partial charge in [-0.2, -0.15) is 5.26 Å². The van der Waals surface area contributed by atoms with Gasteiger partial charge in [-0.05, 0) is 13.0 Å². The number of hydrogen-bond donors (Lipinski definition) is 0. The number of nitriles is 1. The van der Waals surface area contributed by atoms with E-state index in [0.29, 0.717) is 11.3 Å². The van der Waals surface area contributed by atoms with Crippen LogP contribution in [0.25, 0.3) is 0 Å². The third kappa shape index (κ3) is 1.97. The summed E-state index contributed by atoms with van der Waals surface area (Å²) in [5.74, 6) is -0.568. The Hall–Kier alpha value is -1.27. The molecular weight excluding hydrogens is 205 g/mol. The molecule has 0 saturated heterocycles. The van der Waals surface area contributed by atoms with Gasteiger partial charge < -0.3 is 4.74 Å². The Morgan fingerprint density at radius 2 is 2.21 bits per heavy atom. The molecule has 0 amide bonds. The Morgan fingerprint density at radius 3 is 2.71 bits per heavy atom. The maximum Gasteiger partial charge on any atom is 0.145 e. The lowest BCUT2D eigenvalue weighted by Gasteiger charge is -2.10. The van der Waals surface area contributed by atoms with Crippen LogP contribution in [0, 0.1) is 17.1 Å². The first kappa shape index (κ1) is 10.8. The zero-order valence-corrected chi connectivity index (χ0v) is 8.60. The van der Waals surface area contributed by atoms with Crippen molar-refractivity contribution < 1.29 is 9.13 Å². The highest BCUT2D eigenvalue weighted by molar-refractivity contribution is 6.30. The van der Waals surface area contributed by atoms with Crippen molar-refractivity contribution in [1.82, 2.24) is 0 Å². The van der Waals surface area contributed by atoms with Gasteiger partial charge in [-0.15, -0.1) is 0 Å². The molecule has 0 saturated carbocycles. The van der Waals surface area contributed by atoms with E-state index in [-0.39, 0.29) is 10.9 Å². The molecule has 0 spiro atoms. The van der Waals surface area contributed by atoms with Crippen molar-refractivity contribution in [2.75, 3.05) is 7.11 Å². The zero-order chi connectivity index (χ0) is 10.7. The molecule has 14 heavy (non-hydrogen) atoms. The molecule has 0 N–H and O–H groups in total.